The van der Waals surface area contributed by atoms with Gasteiger partial charge in [-0.05, 0) is 24.6 Å². The molecular formula is C19H16FN3O4S. The summed E-state index contributed by atoms with van der Waals surface area (Å²) in [5.41, 5.74) is 1.03. The average molecular weight is 401 g/mol. The second-order valence-corrected chi connectivity index (χ2v) is 6.94. The Morgan fingerprint density at radius 2 is 1.96 bits per heavy atom. The van der Waals surface area contributed by atoms with Gasteiger partial charge in [-0.2, -0.15) is 0 Å². The van der Waals surface area contributed by atoms with E-state index in [4.69, 9.17) is 4.74 Å². The molecule has 144 valence electrons. The zero-order chi connectivity index (χ0) is 20.1. The van der Waals surface area contributed by atoms with Gasteiger partial charge in [0.1, 0.15) is 5.82 Å². The van der Waals surface area contributed by atoms with Crippen molar-refractivity contribution in [2.24, 2.45) is 0 Å². The molecule has 0 unspecified atom stereocenters. The number of carbonyl (C=O) groups is 1. The van der Waals surface area contributed by atoms with E-state index >= 15 is 0 Å². The van der Waals surface area contributed by atoms with E-state index in [1.54, 1.807) is 31.2 Å². The minimum atomic E-state index is -0.577. The second kappa shape index (κ2) is 8.57. The van der Waals surface area contributed by atoms with Crippen molar-refractivity contribution in [2.75, 3.05) is 11.9 Å². The number of hydrogen-bond acceptors (Lipinski definition) is 6. The standard InChI is InChI=1S/C19H16FN3O4S/c1-12-17(10-13-6-2-3-7-14(13)20)28-19(21-12)22-18(24)11-27-16-9-5-4-8-15(16)23(25)26/h2-9H,10-11H2,1H3,(H,21,22,24). The Labute approximate surface area is 164 Å². The SMILES string of the molecule is Cc1nc(NC(=O)COc2ccccc2[N+](=O)[O-])sc1Cc1ccccc1F. The summed E-state index contributed by atoms with van der Waals surface area (Å²) in [4.78, 5) is 27.6. The molecule has 9 heteroatoms. The van der Waals surface area contributed by atoms with Crippen LogP contribution in [0, 0.1) is 22.9 Å². The lowest BCUT2D eigenvalue weighted by molar-refractivity contribution is -0.385. The summed E-state index contributed by atoms with van der Waals surface area (Å²) in [6.07, 6.45) is 0.374. The fourth-order valence-corrected chi connectivity index (χ4v) is 3.49. The van der Waals surface area contributed by atoms with Gasteiger partial charge < -0.3 is 4.74 Å². The van der Waals surface area contributed by atoms with Crippen molar-refractivity contribution in [3.63, 3.8) is 0 Å². The summed E-state index contributed by atoms with van der Waals surface area (Å²) in [6.45, 7) is 1.39. The van der Waals surface area contributed by atoms with Gasteiger partial charge in [0, 0.05) is 17.4 Å². The first-order valence-electron chi connectivity index (χ1n) is 8.30. The number of benzene rings is 2. The van der Waals surface area contributed by atoms with Crippen LogP contribution in [0.25, 0.3) is 0 Å². The third-order valence-electron chi connectivity index (χ3n) is 3.87. The molecule has 28 heavy (non-hydrogen) atoms. The van der Waals surface area contributed by atoms with Crippen molar-refractivity contribution in [1.29, 1.82) is 0 Å². The van der Waals surface area contributed by atoms with Gasteiger partial charge in [-0.25, -0.2) is 9.37 Å². The molecule has 1 amide bonds. The average Bonchev–Trinajstić information content (AvgIpc) is 3.01. The molecule has 0 saturated heterocycles. The van der Waals surface area contributed by atoms with Crippen molar-refractivity contribution in [1.82, 2.24) is 4.98 Å². The first-order valence-corrected chi connectivity index (χ1v) is 9.11. The lowest BCUT2D eigenvalue weighted by Crippen LogP contribution is -2.20. The topological polar surface area (TPSA) is 94.4 Å². The highest BCUT2D eigenvalue weighted by Gasteiger charge is 2.16. The number of aromatic nitrogens is 1. The zero-order valence-corrected chi connectivity index (χ0v) is 15.7. The number of para-hydroxylation sites is 2. The van der Waals surface area contributed by atoms with Gasteiger partial charge in [0.05, 0.1) is 10.6 Å². The first kappa shape index (κ1) is 19.4. The van der Waals surface area contributed by atoms with Crippen LogP contribution in [0.5, 0.6) is 5.75 Å². The van der Waals surface area contributed by atoms with Gasteiger partial charge in [-0.1, -0.05) is 30.3 Å². The Kier molecular flexibility index (Phi) is 5.95. The van der Waals surface area contributed by atoms with E-state index < -0.39 is 17.4 Å². The number of thiazole rings is 1. The highest BCUT2D eigenvalue weighted by atomic mass is 32.1. The molecule has 0 aliphatic carbocycles. The van der Waals surface area contributed by atoms with Crippen LogP contribution in [0.3, 0.4) is 0 Å². The molecule has 0 bridgehead atoms. The predicted octanol–water partition coefficient (Wildman–Crippen LogP) is 4.11. The normalized spacial score (nSPS) is 10.5. The Hall–Kier alpha value is -3.33. The van der Waals surface area contributed by atoms with Crippen molar-refractivity contribution < 1.29 is 18.8 Å². The number of halogens is 1. The molecule has 2 aromatic carbocycles. The molecule has 0 spiro atoms. The monoisotopic (exact) mass is 401 g/mol. The number of nitrogens with one attached hydrogen (secondary N) is 1. The molecule has 0 aliphatic heterocycles. The maximum absolute atomic E-state index is 13.8. The van der Waals surface area contributed by atoms with E-state index in [-0.39, 0.29) is 17.3 Å². The number of ether oxygens (including phenoxy) is 1. The first-order chi connectivity index (χ1) is 13.4. The molecule has 7 nitrogen and oxygen atoms in total. The van der Waals surface area contributed by atoms with Crippen LogP contribution in [0.4, 0.5) is 15.2 Å². The molecule has 1 N–H and O–H groups in total. The van der Waals surface area contributed by atoms with Crippen LogP contribution in [-0.2, 0) is 11.2 Å². The van der Waals surface area contributed by atoms with E-state index in [1.165, 1.54) is 35.6 Å². The maximum Gasteiger partial charge on any atom is 0.310 e. The number of nitro groups is 1. The van der Waals surface area contributed by atoms with Gasteiger partial charge in [0.15, 0.2) is 17.5 Å². The summed E-state index contributed by atoms with van der Waals surface area (Å²) < 4.78 is 19.1. The third-order valence-corrected chi connectivity index (χ3v) is 4.94. The van der Waals surface area contributed by atoms with E-state index in [2.05, 4.69) is 10.3 Å². The lowest BCUT2D eigenvalue weighted by atomic mass is 10.1. The van der Waals surface area contributed by atoms with Crippen molar-refractivity contribution in [3.8, 4) is 5.75 Å². The van der Waals surface area contributed by atoms with Gasteiger partial charge in [0.25, 0.3) is 5.91 Å². The van der Waals surface area contributed by atoms with Crippen molar-refractivity contribution in [3.05, 3.63) is 80.6 Å². The fourth-order valence-electron chi connectivity index (χ4n) is 2.49. The summed E-state index contributed by atoms with van der Waals surface area (Å²) in [7, 11) is 0. The summed E-state index contributed by atoms with van der Waals surface area (Å²) in [5, 5.41) is 13.9. The summed E-state index contributed by atoms with van der Waals surface area (Å²) in [6, 6.07) is 12.3. The molecule has 1 aromatic heterocycles. The molecular weight excluding hydrogens is 385 g/mol. The minimum absolute atomic E-state index is 0.0122. The molecule has 0 fully saturated rings. The van der Waals surface area contributed by atoms with Gasteiger partial charge in [0.2, 0.25) is 0 Å². The Morgan fingerprint density at radius 3 is 2.71 bits per heavy atom. The van der Waals surface area contributed by atoms with Crippen LogP contribution in [0.15, 0.2) is 48.5 Å². The molecule has 0 saturated carbocycles. The van der Waals surface area contributed by atoms with E-state index in [0.717, 1.165) is 4.88 Å². The number of carbonyl (C=O) groups excluding carboxylic acids is 1. The largest absolute Gasteiger partial charge is 0.477 e. The number of anilines is 1. The number of nitrogens with zero attached hydrogens (tertiary/aromatic N) is 2. The summed E-state index contributed by atoms with van der Waals surface area (Å²) in [5.74, 6) is -0.777. The highest BCUT2D eigenvalue weighted by Crippen LogP contribution is 2.27. The molecule has 3 rings (SSSR count). The quantitative estimate of drug-likeness (QED) is 0.475. The number of aryl methyl sites for hydroxylation is 1. The fraction of sp³-hybridized carbons (Fsp3) is 0.158. The van der Waals surface area contributed by atoms with E-state index in [9.17, 15) is 19.3 Å². The maximum atomic E-state index is 13.8. The van der Waals surface area contributed by atoms with Crippen LogP contribution in [0.1, 0.15) is 16.1 Å². The highest BCUT2D eigenvalue weighted by molar-refractivity contribution is 7.15. The van der Waals surface area contributed by atoms with Crippen molar-refractivity contribution >= 4 is 28.1 Å². The van der Waals surface area contributed by atoms with Crippen LogP contribution in [0.2, 0.25) is 0 Å². The van der Waals surface area contributed by atoms with Gasteiger partial charge in [-0.3, -0.25) is 20.2 Å². The number of amides is 1. The Morgan fingerprint density at radius 1 is 1.25 bits per heavy atom. The van der Waals surface area contributed by atoms with Gasteiger partial charge in [-0.15, -0.1) is 11.3 Å². The van der Waals surface area contributed by atoms with Crippen LogP contribution >= 0.6 is 11.3 Å². The zero-order valence-electron chi connectivity index (χ0n) is 14.8. The lowest BCUT2D eigenvalue weighted by Gasteiger charge is -2.06. The third kappa shape index (κ3) is 4.68. The smallest absolute Gasteiger partial charge is 0.310 e. The Balaban J connectivity index is 1.62. The second-order valence-electron chi connectivity index (χ2n) is 5.86. The van der Waals surface area contributed by atoms with Gasteiger partial charge >= 0.3 is 5.69 Å². The predicted molar refractivity (Wildman–Crippen MR) is 103 cm³/mol. The van der Waals surface area contributed by atoms with E-state index in [1.807, 2.05) is 0 Å². The molecule has 0 atom stereocenters. The van der Waals surface area contributed by atoms with Crippen LogP contribution < -0.4 is 10.1 Å². The molecule has 0 radical (unpaired) electrons. The molecule has 0 aliphatic rings. The number of rotatable bonds is 7. The summed E-state index contributed by atoms with van der Waals surface area (Å²) >= 11 is 1.25. The van der Waals surface area contributed by atoms with Crippen molar-refractivity contribution in [2.45, 2.75) is 13.3 Å². The van der Waals surface area contributed by atoms with Crippen LogP contribution in [-0.4, -0.2) is 22.4 Å². The molecule has 3 aromatic rings. The minimum Gasteiger partial charge on any atom is -0.477 e. The number of hydrogen-bond donors (Lipinski definition) is 1. The van der Waals surface area contributed by atoms with E-state index in [0.29, 0.717) is 22.8 Å². The molecule has 1 heterocycles. The Bertz CT molecular complexity index is 1020. The number of nitro benzene ring substituents is 1.